The number of H-pyrrole nitrogens is 1. The molecule has 3 N–H and O–H groups in total. The van der Waals surface area contributed by atoms with Crippen LogP contribution < -0.4 is 10.9 Å². The number of thiophene rings is 1. The molecule has 0 saturated heterocycles. The number of carbonyl (C=O) groups excluding carboxylic acids is 1. The van der Waals surface area contributed by atoms with E-state index < -0.39 is 12.0 Å². The molecule has 1 amide bonds. The molecule has 0 aromatic carbocycles. The van der Waals surface area contributed by atoms with Crippen LogP contribution in [0.3, 0.4) is 0 Å². The Kier molecular flexibility index (Phi) is 3.31. The molecule has 0 spiro atoms. The van der Waals surface area contributed by atoms with Crippen molar-refractivity contribution in [3.05, 3.63) is 26.6 Å². The molecule has 0 bridgehead atoms. The minimum Gasteiger partial charge on any atom is -0.392 e. The molecule has 7 heteroatoms. The van der Waals surface area contributed by atoms with E-state index in [0.29, 0.717) is 10.2 Å². The predicted molar refractivity (Wildman–Crippen MR) is 76.3 cm³/mol. The molecule has 0 aliphatic heterocycles. The van der Waals surface area contributed by atoms with Crippen molar-refractivity contribution in [1.82, 2.24) is 15.3 Å². The standard InChI is InChI=1S/C13H15N3O3S/c1-6(17)5-14-12(19)10-15-11(18)9-7-3-2-4-8(7)20-13(9)16-10/h6,17H,2-5H2,1H3,(H,14,19)(H,15,16,18). The monoisotopic (exact) mass is 293 g/mol. The van der Waals surface area contributed by atoms with E-state index in [0.717, 1.165) is 24.8 Å². The van der Waals surface area contributed by atoms with Crippen molar-refractivity contribution >= 4 is 27.5 Å². The highest BCUT2D eigenvalue weighted by atomic mass is 32.1. The number of aromatic nitrogens is 2. The topological polar surface area (TPSA) is 95.1 Å². The van der Waals surface area contributed by atoms with E-state index in [9.17, 15) is 9.59 Å². The van der Waals surface area contributed by atoms with Crippen molar-refractivity contribution in [2.75, 3.05) is 6.54 Å². The van der Waals surface area contributed by atoms with Gasteiger partial charge in [0.15, 0.2) is 0 Å². The molecule has 1 atom stereocenters. The smallest absolute Gasteiger partial charge is 0.287 e. The summed E-state index contributed by atoms with van der Waals surface area (Å²) in [7, 11) is 0. The fourth-order valence-corrected chi connectivity index (χ4v) is 3.70. The molecular formula is C13H15N3O3S. The Labute approximate surface area is 118 Å². The fourth-order valence-electron chi connectivity index (χ4n) is 2.43. The van der Waals surface area contributed by atoms with Gasteiger partial charge in [0.2, 0.25) is 5.82 Å². The van der Waals surface area contributed by atoms with Crippen LogP contribution in [0.2, 0.25) is 0 Å². The van der Waals surface area contributed by atoms with Crippen molar-refractivity contribution in [3.63, 3.8) is 0 Å². The first-order valence-corrected chi connectivity index (χ1v) is 7.38. The largest absolute Gasteiger partial charge is 0.392 e. The van der Waals surface area contributed by atoms with E-state index in [1.165, 1.54) is 16.2 Å². The van der Waals surface area contributed by atoms with Crippen LogP contribution in [0.25, 0.3) is 10.2 Å². The summed E-state index contributed by atoms with van der Waals surface area (Å²) >= 11 is 1.50. The van der Waals surface area contributed by atoms with E-state index in [1.807, 2.05) is 0 Å². The Morgan fingerprint density at radius 3 is 3.10 bits per heavy atom. The molecule has 0 fully saturated rings. The van der Waals surface area contributed by atoms with Crippen LogP contribution in [-0.2, 0) is 12.8 Å². The average Bonchev–Trinajstić information content (AvgIpc) is 2.95. The minimum absolute atomic E-state index is 0.00285. The second kappa shape index (κ2) is 4.99. The second-order valence-corrected chi connectivity index (χ2v) is 6.09. The van der Waals surface area contributed by atoms with Gasteiger partial charge in [0.05, 0.1) is 11.5 Å². The third kappa shape index (κ3) is 2.23. The highest BCUT2D eigenvalue weighted by molar-refractivity contribution is 7.18. The number of rotatable bonds is 3. The normalized spacial score (nSPS) is 15.3. The van der Waals surface area contributed by atoms with E-state index in [2.05, 4.69) is 15.3 Å². The molecule has 1 unspecified atom stereocenters. The highest BCUT2D eigenvalue weighted by Gasteiger charge is 2.22. The van der Waals surface area contributed by atoms with Crippen LogP contribution in [0.1, 0.15) is 34.4 Å². The summed E-state index contributed by atoms with van der Waals surface area (Å²) in [4.78, 5) is 32.6. The van der Waals surface area contributed by atoms with Gasteiger partial charge in [-0.05, 0) is 31.7 Å². The summed E-state index contributed by atoms with van der Waals surface area (Å²) in [5.41, 5.74) is 0.839. The molecule has 2 heterocycles. The van der Waals surface area contributed by atoms with Gasteiger partial charge in [-0.25, -0.2) is 4.98 Å². The van der Waals surface area contributed by atoms with Crippen LogP contribution in [-0.4, -0.2) is 33.6 Å². The minimum atomic E-state index is -0.639. The third-order valence-corrected chi connectivity index (χ3v) is 4.53. The van der Waals surface area contributed by atoms with E-state index >= 15 is 0 Å². The number of hydrogen-bond donors (Lipinski definition) is 3. The Bertz CT molecular complexity index is 732. The maximum atomic E-state index is 12.1. The van der Waals surface area contributed by atoms with Crippen LogP contribution in [0.4, 0.5) is 0 Å². The number of amides is 1. The molecule has 3 rings (SSSR count). The number of nitrogens with zero attached hydrogens (tertiary/aromatic N) is 1. The lowest BCUT2D eigenvalue weighted by Crippen LogP contribution is -2.33. The van der Waals surface area contributed by atoms with Gasteiger partial charge in [0, 0.05) is 11.4 Å². The summed E-state index contributed by atoms with van der Waals surface area (Å²) in [6, 6.07) is 0. The van der Waals surface area contributed by atoms with Crippen LogP contribution in [0.5, 0.6) is 0 Å². The summed E-state index contributed by atoms with van der Waals surface area (Å²) in [5, 5.41) is 12.3. The SMILES string of the molecule is CC(O)CNC(=O)c1nc2sc3c(c2c(=O)[nH]1)CCC3. The molecule has 2 aromatic heterocycles. The second-order valence-electron chi connectivity index (χ2n) is 5.01. The van der Waals surface area contributed by atoms with Gasteiger partial charge in [-0.3, -0.25) is 9.59 Å². The summed E-state index contributed by atoms with van der Waals surface area (Å²) in [6.07, 6.45) is 2.33. The number of aromatic amines is 1. The van der Waals surface area contributed by atoms with Crippen molar-refractivity contribution < 1.29 is 9.90 Å². The van der Waals surface area contributed by atoms with Crippen molar-refractivity contribution in [2.24, 2.45) is 0 Å². The lowest BCUT2D eigenvalue weighted by atomic mass is 10.2. The summed E-state index contributed by atoms with van der Waals surface area (Å²) in [5.74, 6) is -0.471. The zero-order chi connectivity index (χ0) is 14.3. The first-order valence-electron chi connectivity index (χ1n) is 6.57. The van der Waals surface area contributed by atoms with Crippen LogP contribution >= 0.6 is 11.3 Å². The summed E-state index contributed by atoms with van der Waals surface area (Å²) in [6.45, 7) is 1.70. The lowest BCUT2D eigenvalue weighted by Gasteiger charge is -2.06. The molecule has 1 aliphatic carbocycles. The van der Waals surface area contributed by atoms with E-state index in [4.69, 9.17) is 5.11 Å². The zero-order valence-corrected chi connectivity index (χ0v) is 11.8. The Morgan fingerprint density at radius 1 is 1.55 bits per heavy atom. The maximum Gasteiger partial charge on any atom is 0.287 e. The van der Waals surface area contributed by atoms with Crippen molar-refractivity contribution in [2.45, 2.75) is 32.3 Å². The van der Waals surface area contributed by atoms with Gasteiger partial charge in [0.1, 0.15) is 4.83 Å². The molecule has 106 valence electrons. The van der Waals surface area contributed by atoms with E-state index in [1.54, 1.807) is 6.92 Å². The number of carbonyl (C=O) groups is 1. The van der Waals surface area contributed by atoms with Crippen LogP contribution in [0, 0.1) is 0 Å². The number of hydrogen-bond acceptors (Lipinski definition) is 5. The number of aliphatic hydroxyl groups excluding tert-OH is 1. The molecule has 20 heavy (non-hydrogen) atoms. The Morgan fingerprint density at radius 2 is 2.35 bits per heavy atom. The van der Waals surface area contributed by atoms with Gasteiger partial charge < -0.3 is 15.4 Å². The summed E-state index contributed by atoms with van der Waals surface area (Å²) < 4.78 is 0. The van der Waals surface area contributed by atoms with E-state index in [-0.39, 0.29) is 17.9 Å². The van der Waals surface area contributed by atoms with Gasteiger partial charge >= 0.3 is 0 Å². The average molecular weight is 293 g/mol. The predicted octanol–water partition coefficient (Wildman–Crippen LogP) is 0.584. The molecular weight excluding hydrogens is 278 g/mol. The third-order valence-electron chi connectivity index (χ3n) is 3.35. The number of nitrogens with one attached hydrogen (secondary N) is 2. The number of aryl methyl sites for hydroxylation is 2. The lowest BCUT2D eigenvalue weighted by molar-refractivity contribution is 0.0914. The molecule has 1 aliphatic rings. The van der Waals surface area contributed by atoms with Crippen molar-refractivity contribution in [3.8, 4) is 0 Å². The highest BCUT2D eigenvalue weighted by Crippen LogP contribution is 2.34. The van der Waals surface area contributed by atoms with Gasteiger partial charge in [-0.2, -0.15) is 0 Å². The fraction of sp³-hybridized carbons (Fsp3) is 0.462. The molecule has 0 saturated carbocycles. The molecule has 2 aromatic rings. The first-order chi connectivity index (χ1) is 9.56. The Hall–Kier alpha value is -1.73. The van der Waals surface area contributed by atoms with Gasteiger partial charge in [0.25, 0.3) is 11.5 Å². The number of fused-ring (bicyclic) bond motifs is 3. The first kappa shape index (κ1) is 13.3. The van der Waals surface area contributed by atoms with Gasteiger partial charge in [-0.15, -0.1) is 11.3 Å². The van der Waals surface area contributed by atoms with Crippen LogP contribution in [0.15, 0.2) is 4.79 Å². The van der Waals surface area contributed by atoms with Crippen molar-refractivity contribution in [1.29, 1.82) is 0 Å². The quantitative estimate of drug-likeness (QED) is 0.771. The molecule has 0 radical (unpaired) electrons. The number of aliphatic hydroxyl groups is 1. The van der Waals surface area contributed by atoms with Gasteiger partial charge in [-0.1, -0.05) is 0 Å². The maximum absolute atomic E-state index is 12.1. The Balaban J connectivity index is 1.99. The zero-order valence-electron chi connectivity index (χ0n) is 11.0. The molecule has 6 nitrogen and oxygen atoms in total.